The van der Waals surface area contributed by atoms with E-state index in [9.17, 15) is 24.6 Å². The van der Waals surface area contributed by atoms with E-state index in [0.29, 0.717) is 5.57 Å². The predicted molar refractivity (Wildman–Crippen MR) is 165 cm³/mol. The van der Waals surface area contributed by atoms with Crippen molar-refractivity contribution in [2.45, 2.75) is 116 Å². The van der Waals surface area contributed by atoms with Gasteiger partial charge in [-0.15, -0.1) is 0 Å². The van der Waals surface area contributed by atoms with Crippen LogP contribution in [0.4, 0.5) is 0 Å². The molecular formula is C35H46O12. The minimum absolute atomic E-state index is 0.0490. The quantitative estimate of drug-likeness (QED) is 0.191. The first-order valence-electron chi connectivity index (χ1n) is 15.9. The third-order valence-electron chi connectivity index (χ3n) is 11.1. The highest BCUT2D eigenvalue weighted by molar-refractivity contribution is 5.95. The first-order chi connectivity index (χ1) is 21.8. The van der Waals surface area contributed by atoms with Crippen LogP contribution in [0.2, 0.25) is 0 Å². The summed E-state index contributed by atoms with van der Waals surface area (Å²) in [7, 11) is 1.45. The molecule has 2 bridgehead atoms. The van der Waals surface area contributed by atoms with Gasteiger partial charge in [0.2, 0.25) is 0 Å². The van der Waals surface area contributed by atoms with Crippen LogP contribution in [0.3, 0.4) is 0 Å². The van der Waals surface area contributed by atoms with Crippen LogP contribution < -0.4 is 0 Å². The smallest absolute Gasteiger partial charge is 0.338 e. The summed E-state index contributed by atoms with van der Waals surface area (Å²) < 4.78 is 36.4. The number of aliphatic hydroxyl groups excluding tert-OH is 1. The fourth-order valence-electron chi connectivity index (χ4n) is 8.45. The molecule has 1 unspecified atom stereocenters. The maximum Gasteiger partial charge on any atom is 0.338 e. The summed E-state index contributed by atoms with van der Waals surface area (Å²) in [5.41, 5.74) is -6.19. The third-order valence-corrected chi connectivity index (χ3v) is 11.1. The van der Waals surface area contributed by atoms with Gasteiger partial charge in [0.05, 0.1) is 35.7 Å². The average molecular weight is 659 g/mol. The number of aliphatic hydroxyl groups is 2. The largest absolute Gasteiger partial charge is 0.455 e. The highest BCUT2D eigenvalue weighted by Gasteiger charge is 2.78. The number of hydrogen-bond acceptors (Lipinski definition) is 12. The lowest BCUT2D eigenvalue weighted by Crippen LogP contribution is -2.82. The van der Waals surface area contributed by atoms with E-state index < -0.39 is 87.9 Å². The van der Waals surface area contributed by atoms with E-state index >= 15 is 4.79 Å². The molecule has 1 aromatic carbocycles. The Morgan fingerprint density at radius 2 is 1.66 bits per heavy atom. The average Bonchev–Trinajstić information content (AvgIpc) is 2.98. The predicted octanol–water partition coefficient (Wildman–Crippen LogP) is 3.06. The Morgan fingerprint density at radius 3 is 2.19 bits per heavy atom. The zero-order valence-electron chi connectivity index (χ0n) is 28.4. The van der Waals surface area contributed by atoms with Crippen LogP contribution in [0.1, 0.15) is 78.6 Å². The van der Waals surface area contributed by atoms with E-state index in [2.05, 4.69) is 0 Å². The Hall–Kier alpha value is -3.16. The van der Waals surface area contributed by atoms with Gasteiger partial charge in [0, 0.05) is 39.2 Å². The molecule has 4 aliphatic rings. The molecule has 1 saturated heterocycles. The van der Waals surface area contributed by atoms with E-state index in [1.807, 2.05) is 0 Å². The van der Waals surface area contributed by atoms with Crippen molar-refractivity contribution in [3.8, 4) is 0 Å². The van der Waals surface area contributed by atoms with Gasteiger partial charge in [0.15, 0.2) is 23.3 Å². The van der Waals surface area contributed by atoms with E-state index in [1.54, 1.807) is 71.9 Å². The van der Waals surface area contributed by atoms with Gasteiger partial charge in [-0.1, -0.05) is 32.0 Å². The maximum absolute atomic E-state index is 15.4. The maximum atomic E-state index is 15.4. The van der Waals surface area contributed by atoms with E-state index in [0.717, 1.165) is 0 Å². The van der Waals surface area contributed by atoms with Gasteiger partial charge in [0.1, 0.15) is 17.8 Å². The van der Waals surface area contributed by atoms with Crippen LogP contribution in [0, 0.1) is 16.7 Å². The van der Waals surface area contributed by atoms with Crippen molar-refractivity contribution < 1.29 is 57.8 Å². The third kappa shape index (κ3) is 5.32. The molecule has 12 heteroatoms. The fraction of sp³-hybridized carbons (Fsp3) is 0.657. The molecule has 3 fully saturated rings. The second-order valence-electron chi connectivity index (χ2n) is 14.5. The van der Waals surface area contributed by atoms with Crippen molar-refractivity contribution in [3.63, 3.8) is 0 Å². The first-order valence-corrected chi connectivity index (χ1v) is 15.9. The summed E-state index contributed by atoms with van der Waals surface area (Å²) in [5.74, 6) is -5.44. The Morgan fingerprint density at radius 1 is 1.02 bits per heavy atom. The van der Waals surface area contributed by atoms with Gasteiger partial charge in [-0.2, -0.15) is 0 Å². The zero-order valence-corrected chi connectivity index (χ0v) is 28.4. The fourth-order valence-corrected chi connectivity index (χ4v) is 8.45. The number of carbonyl (C=O) groups excluding carboxylic acids is 4. The molecule has 2 N–H and O–H groups in total. The molecule has 258 valence electrons. The highest BCUT2D eigenvalue weighted by atomic mass is 16.7. The van der Waals surface area contributed by atoms with Gasteiger partial charge >= 0.3 is 17.9 Å². The topological polar surface area (TPSA) is 164 Å². The van der Waals surface area contributed by atoms with Gasteiger partial charge in [0.25, 0.3) is 0 Å². The molecule has 5 rings (SSSR count). The minimum Gasteiger partial charge on any atom is -0.455 e. The lowest BCUT2D eigenvalue weighted by molar-refractivity contribution is -0.363. The van der Waals surface area contributed by atoms with E-state index in [-0.39, 0.29) is 30.6 Å². The summed E-state index contributed by atoms with van der Waals surface area (Å²) in [6.07, 6.45) is -6.62. The number of ketones is 1. The number of ether oxygens (including phenoxy) is 6. The van der Waals surface area contributed by atoms with Crippen molar-refractivity contribution in [3.05, 3.63) is 47.0 Å². The second-order valence-corrected chi connectivity index (χ2v) is 14.5. The Balaban J connectivity index is 1.88. The van der Waals surface area contributed by atoms with Crippen molar-refractivity contribution in [2.24, 2.45) is 16.7 Å². The van der Waals surface area contributed by atoms with Crippen molar-refractivity contribution in [1.82, 2.24) is 0 Å². The van der Waals surface area contributed by atoms with Crippen molar-refractivity contribution in [1.29, 1.82) is 0 Å². The minimum atomic E-state index is -2.11. The monoisotopic (exact) mass is 658 g/mol. The number of fused-ring (bicyclic) bond motifs is 5. The summed E-state index contributed by atoms with van der Waals surface area (Å²) in [5, 5.41) is 24.6. The highest BCUT2D eigenvalue weighted by Crippen LogP contribution is 2.65. The van der Waals surface area contributed by atoms with E-state index in [4.69, 9.17) is 28.4 Å². The normalized spacial score (nSPS) is 37.7. The number of hydrogen-bond donors (Lipinski definition) is 2. The Bertz CT molecular complexity index is 1480. The second kappa shape index (κ2) is 11.8. The molecule has 12 nitrogen and oxygen atoms in total. The summed E-state index contributed by atoms with van der Waals surface area (Å²) in [6, 6.07) is 8.16. The molecule has 0 aromatic heterocycles. The summed E-state index contributed by atoms with van der Waals surface area (Å²) >= 11 is 0. The van der Waals surface area contributed by atoms with Crippen LogP contribution >= 0.6 is 0 Å². The van der Waals surface area contributed by atoms with Crippen molar-refractivity contribution >= 4 is 23.7 Å². The molecule has 9 atom stereocenters. The molecule has 47 heavy (non-hydrogen) atoms. The van der Waals surface area contributed by atoms with Crippen LogP contribution in [-0.4, -0.2) is 95.1 Å². The van der Waals surface area contributed by atoms with Crippen LogP contribution in [0.15, 0.2) is 41.5 Å². The number of methoxy groups -OCH3 is 1. The lowest BCUT2D eigenvalue weighted by atomic mass is 9.44. The van der Waals surface area contributed by atoms with Gasteiger partial charge in [-0.3, -0.25) is 14.4 Å². The number of rotatable bonds is 7. The number of esters is 3. The number of Topliss-reactive ketones (excluding diaryl/α,β-unsaturated/α-hetero) is 1. The van der Waals surface area contributed by atoms with E-state index in [1.165, 1.54) is 21.0 Å². The number of benzene rings is 1. The molecular weight excluding hydrogens is 612 g/mol. The molecule has 0 amide bonds. The standard InChI is InChI=1S/C35H46O12/c1-18-22(38)16-35(41)29(45-30(40)21-13-11-10-12-14-21)27-33(8,28(39)26(44-19(2)36)25(18)31(35,4)5)23(47-32(6,7)42-9)15-24-34(27,17-43-24)46-20(3)37/h10-14,22-24,26-27,29,38,41H,15-17H2,1-9H3/t22-,23-,24+,26+,27?,29-,33+,34-,35+/m0/s1. The molecule has 0 radical (unpaired) electrons. The summed E-state index contributed by atoms with van der Waals surface area (Å²) in [6.45, 7) is 12.1. The zero-order chi connectivity index (χ0) is 34.9. The first kappa shape index (κ1) is 35.2. The van der Waals surface area contributed by atoms with Crippen molar-refractivity contribution in [2.75, 3.05) is 13.7 Å². The van der Waals surface area contributed by atoms with Crippen LogP contribution in [0.5, 0.6) is 0 Å². The van der Waals surface area contributed by atoms with Gasteiger partial charge in [-0.05, 0) is 51.0 Å². The molecule has 1 heterocycles. The van der Waals surface area contributed by atoms with Crippen LogP contribution in [-0.2, 0) is 42.8 Å². The Labute approximate surface area is 274 Å². The molecule has 1 aromatic rings. The summed E-state index contributed by atoms with van der Waals surface area (Å²) in [4.78, 5) is 54.9. The molecule has 0 spiro atoms. The SMILES string of the molecule is COC(C)(C)O[C@H]1C[C@H]2OC[C@@]2(OC(C)=O)C2[C@H](OC(=O)c3ccccc3)[C@]3(O)C[C@H](O)C(C)=C([C@@H](OC(C)=O)C(=O)[C@@]21C)C3(C)C. The number of carbonyl (C=O) groups is 4. The molecule has 3 aliphatic carbocycles. The van der Waals surface area contributed by atoms with Gasteiger partial charge in [-0.25, -0.2) is 4.79 Å². The van der Waals surface area contributed by atoms with Crippen LogP contribution in [0.25, 0.3) is 0 Å². The molecule has 1 aliphatic heterocycles. The Kier molecular flexibility index (Phi) is 8.80. The van der Waals surface area contributed by atoms with Gasteiger partial charge < -0.3 is 38.6 Å². The lowest BCUT2D eigenvalue weighted by Gasteiger charge is -2.68. The molecule has 2 saturated carbocycles.